The van der Waals surface area contributed by atoms with Crippen LogP contribution in [0.15, 0.2) is 17.5 Å². The quantitative estimate of drug-likeness (QED) is 0.788. The van der Waals surface area contributed by atoms with Crippen LogP contribution in [0.4, 0.5) is 0 Å². The van der Waals surface area contributed by atoms with Crippen molar-refractivity contribution in [1.82, 2.24) is 0 Å². The molecule has 0 bridgehead atoms. The molecule has 1 fully saturated rings. The second-order valence-corrected chi connectivity index (χ2v) is 6.17. The standard InChI is InChI=1S/C14H23NS/c15-13(11-14-8-5-9-16-14)10-12-6-3-1-2-4-7-12/h5,8-9,12-13H,1-4,6-7,10-11,15H2. The summed E-state index contributed by atoms with van der Waals surface area (Å²) in [4.78, 5) is 1.45. The van der Waals surface area contributed by atoms with E-state index in [2.05, 4.69) is 17.5 Å². The molecule has 0 spiro atoms. The zero-order valence-electron chi connectivity index (χ0n) is 10.0. The van der Waals surface area contributed by atoms with Gasteiger partial charge in [-0.3, -0.25) is 0 Å². The second-order valence-electron chi connectivity index (χ2n) is 5.14. The third-order valence-corrected chi connectivity index (χ3v) is 4.55. The summed E-state index contributed by atoms with van der Waals surface area (Å²) in [5, 5.41) is 2.15. The van der Waals surface area contributed by atoms with Gasteiger partial charge in [0.2, 0.25) is 0 Å². The molecule has 2 rings (SSSR count). The van der Waals surface area contributed by atoms with Crippen molar-refractivity contribution in [2.45, 2.75) is 57.4 Å². The number of nitrogens with two attached hydrogens (primary N) is 1. The summed E-state index contributed by atoms with van der Waals surface area (Å²) in [6.45, 7) is 0. The summed E-state index contributed by atoms with van der Waals surface area (Å²) in [5.41, 5.74) is 6.25. The summed E-state index contributed by atoms with van der Waals surface area (Å²) in [7, 11) is 0. The molecule has 1 heterocycles. The van der Waals surface area contributed by atoms with Crippen molar-refractivity contribution in [3.05, 3.63) is 22.4 Å². The molecule has 2 N–H and O–H groups in total. The van der Waals surface area contributed by atoms with E-state index in [1.54, 1.807) is 0 Å². The lowest BCUT2D eigenvalue weighted by atomic mass is 9.91. The van der Waals surface area contributed by atoms with Gasteiger partial charge >= 0.3 is 0 Å². The first kappa shape index (κ1) is 12.1. The van der Waals surface area contributed by atoms with Gasteiger partial charge in [0.05, 0.1) is 0 Å². The smallest absolute Gasteiger partial charge is 0.00898 e. The van der Waals surface area contributed by atoms with Crippen molar-refractivity contribution < 1.29 is 0 Å². The number of thiophene rings is 1. The Kier molecular flexibility index (Phi) is 4.86. The van der Waals surface area contributed by atoms with Gasteiger partial charge in [-0.1, -0.05) is 44.6 Å². The van der Waals surface area contributed by atoms with Gasteiger partial charge < -0.3 is 5.73 Å². The van der Waals surface area contributed by atoms with Crippen LogP contribution in [0, 0.1) is 5.92 Å². The van der Waals surface area contributed by atoms with E-state index in [0.29, 0.717) is 6.04 Å². The first-order valence-electron chi connectivity index (χ1n) is 6.62. The lowest BCUT2D eigenvalue weighted by Crippen LogP contribution is -2.25. The van der Waals surface area contributed by atoms with Gasteiger partial charge in [0.25, 0.3) is 0 Å². The molecule has 1 saturated carbocycles. The Hall–Kier alpha value is -0.340. The van der Waals surface area contributed by atoms with Crippen molar-refractivity contribution in [3.8, 4) is 0 Å². The van der Waals surface area contributed by atoms with Gasteiger partial charge in [-0.25, -0.2) is 0 Å². The zero-order chi connectivity index (χ0) is 11.2. The fourth-order valence-corrected chi connectivity index (χ4v) is 3.60. The Morgan fingerprint density at radius 1 is 1.25 bits per heavy atom. The van der Waals surface area contributed by atoms with Gasteiger partial charge in [-0.15, -0.1) is 11.3 Å². The zero-order valence-corrected chi connectivity index (χ0v) is 10.8. The van der Waals surface area contributed by atoms with Crippen molar-refractivity contribution >= 4 is 11.3 Å². The fraction of sp³-hybridized carbons (Fsp3) is 0.714. The van der Waals surface area contributed by atoms with E-state index in [1.165, 1.54) is 49.8 Å². The Morgan fingerprint density at radius 3 is 2.62 bits per heavy atom. The molecule has 1 atom stereocenters. The minimum Gasteiger partial charge on any atom is -0.327 e. The fourth-order valence-electron chi connectivity index (χ4n) is 2.80. The monoisotopic (exact) mass is 237 g/mol. The lowest BCUT2D eigenvalue weighted by molar-refractivity contribution is 0.388. The number of hydrogen-bond acceptors (Lipinski definition) is 2. The van der Waals surface area contributed by atoms with Gasteiger partial charge in [-0.05, 0) is 30.2 Å². The third-order valence-electron chi connectivity index (χ3n) is 3.65. The molecule has 1 aliphatic carbocycles. The molecule has 1 aromatic heterocycles. The van der Waals surface area contributed by atoms with Crippen molar-refractivity contribution in [2.75, 3.05) is 0 Å². The Labute approximate surface area is 103 Å². The molecule has 0 amide bonds. The SMILES string of the molecule is NC(Cc1cccs1)CC1CCCCCC1. The Bertz CT molecular complexity index is 273. The molecule has 2 heteroatoms. The van der Waals surface area contributed by atoms with Crippen molar-refractivity contribution in [2.24, 2.45) is 11.7 Å². The molecular formula is C14H23NS. The van der Waals surface area contributed by atoms with Crippen LogP contribution in [0.2, 0.25) is 0 Å². The van der Waals surface area contributed by atoms with Crippen LogP contribution in [0.1, 0.15) is 49.8 Å². The van der Waals surface area contributed by atoms with Gasteiger partial charge in [0.15, 0.2) is 0 Å². The van der Waals surface area contributed by atoms with Crippen LogP contribution in [0.25, 0.3) is 0 Å². The first-order chi connectivity index (χ1) is 7.84. The summed E-state index contributed by atoms with van der Waals surface area (Å²) in [6.07, 6.45) is 10.9. The van der Waals surface area contributed by atoms with E-state index < -0.39 is 0 Å². The third kappa shape index (κ3) is 3.91. The van der Waals surface area contributed by atoms with Crippen LogP contribution < -0.4 is 5.73 Å². The predicted molar refractivity (Wildman–Crippen MR) is 71.8 cm³/mol. The van der Waals surface area contributed by atoms with E-state index in [4.69, 9.17) is 5.73 Å². The van der Waals surface area contributed by atoms with E-state index in [1.807, 2.05) is 11.3 Å². The topological polar surface area (TPSA) is 26.0 Å². The largest absolute Gasteiger partial charge is 0.327 e. The minimum atomic E-state index is 0.377. The Balaban J connectivity index is 1.75. The maximum Gasteiger partial charge on any atom is 0.00898 e. The van der Waals surface area contributed by atoms with E-state index in [0.717, 1.165) is 12.3 Å². The summed E-state index contributed by atoms with van der Waals surface area (Å²) < 4.78 is 0. The first-order valence-corrected chi connectivity index (χ1v) is 7.50. The van der Waals surface area contributed by atoms with Crippen LogP contribution in [-0.2, 0) is 6.42 Å². The lowest BCUT2D eigenvalue weighted by Gasteiger charge is -2.18. The molecule has 0 radical (unpaired) electrons. The second kappa shape index (κ2) is 6.41. The van der Waals surface area contributed by atoms with Gasteiger partial charge in [0.1, 0.15) is 0 Å². The predicted octanol–water partition coefficient (Wildman–Crippen LogP) is 3.98. The maximum atomic E-state index is 6.25. The number of hydrogen-bond donors (Lipinski definition) is 1. The highest BCUT2D eigenvalue weighted by Crippen LogP contribution is 2.27. The molecule has 1 unspecified atom stereocenters. The van der Waals surface area contributed by atoms with Gasteiger partial charge in [0, 0.05) is 10.9 Å². The van der Waals surface area contributed by atoms with Crippen LogP contribution >= 0.6 is 11.3 Å². The van der Waals surface area contributed by atoms with Crippen LogP contribution in [-0.4, -0.2) is 6.04 Å². The molecule has 1 aromatic rings. The summed E-state index contributed by atoms with van der Waals surface area (Å²) in [5.74, 6) is 0.900. The molecule has 0 saturated heterocycles. The van der Waals surface area contributed by atoms with E-state index in [-0.39, 0.29) is 0 Å². The van der Waals surface area contributed by atoms with E-state index in [9.17, 15) is 0 Å². The summed E-state index contributed by atoms with van der Waals surface area (Å²) >= 11 is 1.84. The average Bonchev–Trinajstić information content (AvgIpc) is 2.62. The molecule has 0 aromatic carbocycles. The van der Waals surface area contributed by atoms with Crippen LogP contribution in [0.5, 0.6) is 0 Å². The van der Waals surface area contributed by atoms with Crippen molar-refractivity contribution in [1.29, 1.82) is 0 Å². The maximum absolute atomic E-state index is 6.25. The van der Waals surface area contributed by atoms with Crippen LogP contribution in [0.3, 0.4) is 0 Å². The Morgan fingerprint density at radius 2 is 2.00 bits per heavy atom. The molecular weight excluding hydrogens is 214 g/mol. The van der Waals surface area contributed by atoms with E-state index >= 15 is 0 Å². The molecule has 0 aliphatic heterocycles. The summed E-state index contributed by atoms with van der Waals surface area (Å²) in [6, 6.07) is 4.71. The van der Waals surface area contributed by atoms with Gasteiger partial charge in [-0.2, -0.15) is 0 Å². The molecule has 1 aliphatic rings. The highest BCUT2D eigenvalue weighted by Gasteiger charge is 2.16. The van der Waals surface area contributed by atoms with Crippen molar-refractivity contribution in [3.63, 3.8) is 0 Å². The average molecular weight is 237 g/mol. The molecule has 90 valence electrons. The minimum absolute atomic E-state index is 0.377. The highest BCUT2D eigenvalue weighted by molar-refractivity contribution is 7.09. The number of rotatable bonds is 4. The highest BCUT2D eigenvalue weighted by atomic mass is 32.1. The normalized spacial score (nSPS) is 20.6. The molecule has 1 nitrogen and oxygen atoms in total. The molecule has 16 heavy (non-hydrogen) atoms.